The summed E-state index contributed by atoms with van der Waals surface area (Å²) in [4.78, 5) is 10.4. The quantitative estimate of drug-likeness (QED) is 0.0649. The first kappa shape index (κ1) is 35.3. The minimum Gasteiger partial charge on any atom is -1.00 e. The second-order valence-electron chi connectivity index (χ2n) is 9.46. The van der Waals surface area contributed by atoms with Gasteiger partial charge in [-0.25, -0.2) is 5.48 Å². The molecule has 0 saturated carbocycles. The molecule has 0 radical (unpaired) electrons. The number of nitrogens with one attached hydrogen (secondary N) is 1. The number of hydrogen-bond donors (Lipinski definition) is 1. The number of rotatable bonds is 25. The molecule has 0 aromatic rings. The molecule has 192 valence electrons. The third kappa shape index (κ3) is 26.6. The molecular weight excluding hydrogens is 445 g/mol. The smallest absolute Gasteiger partial charge is 1.00 e. The second kappa shape index (κ2) is 25.2. The average Bonchev–Trinajstić information content (AvgIpc) is 2.76. The molecule has 7 heteroatoms. The summed E-state index contributed by atoms with van der Waals surface area (Å²) < 4.78 is 28.2. The number of aldehydes is 1. The van der Waals surface area contributed by atoms with Crippen molar-refractivity contribution < 1.29 is 48.5 Å². The van der Waals surface area contributed by atoms with Crippen LogP contribution in [0.3, 0.4) is 0 Å². The van der Waals surface area contributed by atoms with Crippen LogP contribution in [0.2, 0.25) is 0 Å². The number of unbranched alkanes of at least 4 members (excludes halogenated alkanes) is 17. The van der Waals surface area contributed by atoms with Crippen molar-refractivity contribution in [2.45, 2.75) is 136 Å². The van der Waals surface area contributed by atoms with Crippen molar-refractivity contribution in [2.24, 2.45) is 5.92 Å². The maximum absolute atomic E-state index is 11.8. The standard InChI is InChI=1S/C26H51NO4S.Na.H/c1-4-5-6-7-8-9-10-11-12-13-14-15-16-17-18-19-20-21-22-25(2)24-32(29,30)31-27-26(3)23-28;;/h23,25,27H,3-22,24H2,1-2H3;;/q;+1;-1. The van der Waals surface area contributed by atoms with Gasteiger partial charge in [-0.05, 0) is 12.3 Å². The summed E-state index contributed by atoms with van der Waals surface area (Å²) in [6.07, 6.45) is 25.6. The number of carbonyl (C=O) groups is 1. The van der Waals surface area contributed by atoms with Gasteiger partial charge in [-0.3, -0.25) is 4.79 Å². The van der Waals surface area contributed by atoms with Crippen LogP contribution in [-0.2, 0) is 19.2 Å². The van der Waals surface area contributed by atoms with Crippen LogP contribution in [0.5, 0.6) is 0 Å². The zero-order valence-corrected chi connectivity index (χ0v) is 24.9. The summed E-state index contributed by atoms with van der Waals surface area (Å²) in [7, 11) is -3.69. The van der Waals surface area contributed by atoms with Crippen molar-refractivity contribution in [1.29, 1.82) is 0 Å². The Bertz CT molecular complexity index is 561. The largest absolute Gasteiger partial charge is 1.00 e. The fourth-order valence-corrected chi connectivity index (χ4v) is 5.17. The predicted octanol–water partition coefficient (Wildman–Crippen LogP) is 4.73. The molecule has 0 bridgehead atoms. The molecule has 0 fully saturated rings. The molecule has 0 aliphatic carbocycles. The van der Waals surface area contributed by atoms with E-state index in [-0.39, 0.29) is 48.4 Å². The molecule has 1 N–H and O–H groups in total. The average molecular weight is 498 g/mol. The van der Waals surface area contributed by atoms with Crippen molar-refractivity contribution in [2.75, 3.05) is 5.75 Å². The first-order chi connectivity index (χ1) is 15.4. The van der Waals surface area contributed by atoms with Gasteiger partial charge in [-0.1, -0.05) is 136 Å². The van der Waals surface area contributed by atoms with E-state index >= 15 is 0 Å². The topological polar surface area (TPSA) is 72.5 Å². The summed E-state index contributed by atoms with van der Waals surface area (Å²) in [5, 5.41) is 0. The minimum absolute atomic E-state index is 0. The molecular formula is C26H52NNaO4S. The summed E-state index contributed by atoms with van der Waals surface area (Å²) in [6, 6.07) is 0. The first-order valence-electron chi connectivity index (χ1n) is 13.2. The van der Waals surface area contributed by atoms with E-state index in [1.807, 2.05) is 6.92 Å². The van der Waals surface area contributed by atoms with Crippen molar-refractivity contribution >= 4 is 16.4 Å². The van der Waals surface area contributed by atoms with Gasteiger partial charge < -0.3 is 1.43 Å². The van der Waals surface area contributed by atoms with Crippen LogP contribution in [0, 0.1) is 5.92 Å². The van der Waals surface area contributed by atoms with Crippen LogP contribution < -0.4 is 35.0 Å². The zero-order valence-electron chi connectivity index (χ0n) is 23.0. The number of hydrogen-bond acceptors (Lipinski definition) is 5. The van der Waals surface area contributed by atoms with Crippen LogP contribution in [0.4, 0.5) is 0 Å². The Morgan fingerprint density at radius 1 is 0.818 bits per heavy atom. The summed E-state index contributed by atoms with van der Waals surface area (Å²) in [6.45, 7) is 7.51. The Labute approximate surface area is 229 Å². The minimum atomic E-state index is -3.69. The number of allylic oxidation sites excluding steroid dienone is 1. The van der Waals surface area contributed by atoms with E-state index in [1.165, 1.54) is 103 Å². The summed E-state index contributed by atoms with van der Waals surface area (Å²) >= 11 is 0. The normalized spacial score (nSPS) is 12.2. The van der Waals surface area contributed by atoms with Gasteiger partial charge >= 0.3 is 29.6 Å². The molecule has 0 spiro atoms. The molecule has 0 heterocycles. The van der Waals surface area contributed by atoms with Gasteiger partial charge in [-0.15, -0.1) is 0 Å². The molecule has 1 unspecified atom stereocenters. The van der Waals surface area contributed by atoms with Gasteiger partial charge in [-0.2, -0.15) is 12.7 Å². The molecule has 0 aromatic carbocycles. The van der Waals surface area contributed by atoms with E-state index in [0.717, 1.165) is 19.3 Å². The van der Waals surface area contributed by atoms with Crippen molar-refractivity contribution in [1.82, 2.24) is 5.48 Å². The summed E-state index contributed by atoms with van der Waals surface area (Å²) in [5.74, 6) is -0.0159. The van der Waals surface area contributed by atoms with Gasteiger partial charge in [0.2, 0.25) is 0 Å². The maximum atomic E-state index is 11.8. The Kier molecular flexibility index (Phi) is 27.0. The Balaban J connectivity index is -0.00000480. The van der Waals surface area contributed by atoms with Gasteiger partial charge in [0.15, 0.2) is 6.29 Å². The Morgan fingerprint density at radius 2 is 1.18 bits per heavy atom. The van der Waals surface area contributed by atoms with Crippen LogP contribution in [0.1, 0.15) is 137 Å². The zero-order chi connectivity index (χ0) is 23.9. The third-order valence-electron chi connectivity index (χ3n) is 5.98. The molecule has 1 atom stereocenters. The first-order valence-corrected chi connectivity index (χ1v) is 14.8. The Hall–Kier alpha value is 0.120. The van der Waals surface area contributed by atoms with E-state index in [2.05, 4.69) is 23.3 Å². The number of carbonyl (C=O) groups excluding carboxylic acids is 1. The maximum Gasteiger partial charge on any atom is 1.00 e. The van der Waals surface area contributed by atoms with Crippen LogP contribution in [0.25, 0.3) is 0 Å². The van der Waals surface area contributed by atoms with E-state index in [4.69, 9.17) is 0 Å². The number of hydroxylamine groups is 1. The molecule has 5 nitrogen and oxygen atoms in total. The molecule has 0 aliphatic rings. The van der Waals surface area contributed by atoms with E-state index in [0.29, 0.717) is 6.29 Å². The molecule has 0 amide bonds. The predicted molar refractivity (Wildman–Crippen MR) is 137 cm³/mol. The molecule has 0 rings (SSSR count). The van der Waals surface area contributed by atoms with Gasteiger partial charge in [0.05, 0.1) is 11.4 Å². The van der Waals surface area contributed by atoms with Crippen LogP contribution in [0.15, 0.2) is 12.3 Å². The monoisotopic (exact) mass is 497 g/mol. The third-order valence-corrected chi connectivity index (χ3v) is 7.30. The van der Waals surface area contributed by atoms with Crippen molar-refractivity contribution in [3.8, 4) is 0 Å². The van der Waals surface area contributed by atoms with E-state index in [9.17, 15) is 13.2 Å². The van der Waals surface area contributed by atoms with Gasteiger partial charge in [0, 0.05) is 0 Å². The summed E-state index contributed by atoms with van der Waals surface area (Å²) in [5.41, 5.74) is 1.95. The van der Waals surface area contributed by atoms with Crippen LogP contribution >= 0.6 is 0 Å². The van der Waals surface area contributed by atoms with E-state index in [1.54, 1.807) is 0 Å². The molecule has 0 saturated heterocycles. The van der Waals surface area contributed by atoms with Gasteiger partial charge in [0.25, 0.3) is 10.1 Å². The molecule has 0 aromatic heterocycles. The molecule has 33 heavy (non-hydrogen) atoms. The Morgan fingerprint density at radius 3 is 1.55 bits per heavy atom. The fraction of sp³-hybridized carbons (Fsp3) is 0.885. The van der Waals surface area contributed by atoms with E-state index < -0.39 is 10.1 Å². The molecule has 0 aliphatic heterocycles. The van der Waals surface area contributed by atoms with Crippen molar-refractivity contribution in [3.05, 3.63) is 12.3 Å². The fourth-order valence-electron chi connectivity index (χ4n) is 4.00. The van der Waals surface area contributed by atoms with Crippen LogP contribution in [-0.4, -0.2) is 20.5 Å². The van der Waals surface area contributed by atoms with Gasteiger partial charge in [0.1, 0.15) is 0 Å². The van der Waals surface area contributed by atoms with Crippen molar-refractivity contribution in [3.63, 3.8) is 0 Å². The SMILES string of the molecule is C=C(C=O)NOS(=O)(=O)CC(C)CCCCCCCCCCCCCCCCCCCC.[H-].[Na+]. The second-order valence-corrected chi connectivity index (χ2v) is 11.1.